The summed E-state index contributed by atoms with van der Waals surface area (Å²) < 4.78 is 5.46. The minimum absolute atomic E-state index is 0.268. The van der Waals surface area contributed by atoms with Gasteiger partial charge in [0.05, 0.1) is 22.3 Å². The summed E-state index contributed by atoms with van der Waals surface area (Å²) in [5, 5.41) is 9.20. The number of aromatic nitrogens is 1. The van der Waals surface area contributed by atoms with Crippen LogP contribution in [0.3, 0.4) is 0 Å². The Morgan fingerprint density at radius 2 is 2.18 bits per heavy atom. The van der Waals surface area contributed by atoms with Crippen LogP contribution in [-0.2, 0) is 0 Å². The van der Waals surface area contributed by atoms with Crippen LogP contribution < -0.4 is 10.5 Å². The van der Waals surface area contributed by atoms with Crippen molar-refractivity contribution in [2.24, 2.45) is 0 Å². The highest BCUT2D eigenvalue weighted by atomic mass is 35.5. The number of nitrogens with two attached hydrogens (primary N) is 1. The number of nitriles is 1. The van der Waals surface area contributed by atoms with Crippen LogP contribution in [0.15, 0.2) is 36.5 Å². The molecule has 0 aliphatic rings. The minimum Gasteiger partial charge on any atom is -0.437 e. The average Bonchev–Trinajstić information content (AvgIpc) is 2.33. The fraction of sp³-hybridized carbons (Fsp3) is 0. The largest absolute Gasteiger partial charge is 0.437 e. The minimum atomic E-state index is 0.268. The van der Waals surface area contributed by atoms with Gasteiger partial charge in [0, 0.05) is 6.20 Å². The number of nitrogens with zero attached hydrogens (tertiary/aromatic N) is 2. The van der Waals surface area contributed by atoms with E-state index in [4.69, 9.17) is 27.3 Å². The van der Waals surface area contributed by atoms with Crippen LogP contribution in [0.1, 0.15) is 5.56 Å². The molecule has 0 aliphatic heterocycles. The summed E-state index contributed by atoms with van der Waals surface area (Å²) in [5.41, 5.74) is 6.56. The molecule has 0 radical (unpaired) electrons. The quantitative estimate of drug-likeness (QED) is 0.883. The Bertz CT molecular complexity index is 593. The molecule has 0 saturated heterocycles. The molecule has 0 aliphatic carbocycles. The summed E-state index contributed by atoms with van der Waals surface area (Å²) in [7, 11) is 0. The SMILES string of the molecule is N#Cc1cccc(Oc2ncc(Cl)cc2N)c1. The second kappa shape index (κ2) is 4.73. The van der Waals surface area contributed by atoms with Gasteiger partial charge in [0.25, 0.3) is 0 Å². The van der Waals surface area contributed by atoms with Gasteiger partial charge < -0.3 is 10.5 Å². The van der Waals surface area contributed by atoms with Gasteiger partial charge in [0.2, 0.25) is 5.88 Å². The smallest absolute Gasteiger partial charge is 0.242 e. The Hall–Kier alpha value is -2.25. The number of anilines is 1. The molecule has 0 amide bonds. The van der Waals surface area contributed by atoms with Crippen LogP contribution in [0.2, 0.25) is 5.02 Å². The first-order valence-corrected chi connectivity index (χ1v) is 5.16. The van der Waals surface area contributed by atoms with Crippen LogP contribution >= 0.6 is 11.6 Å². The van der Waals surface area contributed by atoms with Gasteiger partial charge in [-0.25, -0.2) is 4.98 Å². The highest BCUT2D eigenvalue weighted by Gasteiger charge is 2.05. The van der Waals surface area contributed by atoms with Crippen molar-refractivity contribution in [1.29, 1.82) is 5.26 Å². The molecular formula is C12H8ClN3O. The normalized spacial score (nSPS) is 9.65. The monoisotopic (exact) mass is 245 g/mol. The van der Waals surface area contributed by atoms with Crippen molar-refractivity contribution in [3.8, 4) is 17.7 Å². The molecule has 0 saturated carbocycles. The van der Waals surface area contributed by atoms with E-state index in [1.807, 2.05) is 6.07 Å². The van der Waals surface area contributed by atoms with E-state index in [9.17, 15) is 0 Å². The van der Waals surface area contributed by atoms with E-state index < -0.39 is 0 Å². The highest BCUT2D eigenvalue weighted by molar-refractivity contribution is 6.30. The fourth-order valence-electron chi connectivity index (χ4n) is 1.27. The third-order valence-corrected chi connectivity index (χ3v) is 2.23. The van der Waals surface area contributed by atoms with Gasteiger partial charge in [-0.15, -0.1) is 0 Å². The Kier molecular flexibility index (Phi) is 3.12. The molecule has 0 atom stereocenters. The van der Waals surface area contributed by atoms with Crippen molar-refractivity contribution in [1.82, 2.24) is 4.98 Å². The predicted molar refractivity (Wildman–Crippen MR) is 64.9 cm³/mol. The standard InChI is InChI=1S/C12H8ClN3O/c13-9-5-11(15)12(16-7-9)17-10-3-1-2-8(4-10)6-14/h1-5,7H,15H2. The van der Waals surface area contributed by atoms with E-state index in [1.165, 1.54) is 6.20 Å². The Balaban J connectivity index is 2.28. The Labute approximate surface area is 103 Å². The Morgan fingerprint density at radius 1 is 1.35 bits per heavy atom. The number of ether oxygens (including phenoxy) is 1. The molecule has 17 heavy (non-hydrogen) atoms. The van der Waals surface area contributed by atoms with Crippen molar-refractivity contribution >= 4 is 17.3 Å². The molecule has 2 aromatic rings. The third kappa shape index (κ3) is 2.65. The third-order valence-electron chi connectivity index (χ3n) is 2.02. The van der Waals surface area contributed by atoms with E-state index in [1.54, 1.807) is 30.3 Å². The van der Waals surface area contributed by atoms with Crippen LogP contribution in [0.5, 0.6) is 11.6 Å². The lowest BCUT2D eigenvalue weighted by atomic mass is 10.2. The Morgan fingerprint density at radius 3 is 2.88 bits per heavy atom. The van der Waals surface area contributed by atoms with Crippen LogP contribution in [-0.4, -0.2) is 4.98 Å². The first-order valence-electron chi connectivity index (χ1n) is 4.78. The molecule has 4 nitrogen and oxygen atoms in total. The van der Waals surface area contributed by atoms with Gasteiger partial charge in [-0.2, -0.15) is 5.26 Å². The topological polar surface area (TPSA) is 71.9 Å². The van der Waals surface area contributed by atoms with E-state index >= 15 is 0 Å². The second-order valence-corrected chi connectivity index (χ2v) is 3.73. The number of benzene rings is 1. The molecule has 5 heteroatoms. The van der Waals surface area contributed by atoms with Crippen molar-refractivity contribution in [3.63, 3.8) is 0 Å². The van der Waals surface area contributed by atoms with Gasteiger partial charge in [-0.3, -0.25) is 0 Å². The first kappa shape index (κ1) is 11.2. The first-order chi connectivity index (χ1) is 8.19. The van der Waals surface area contributed by atoms with Gasteiger partial charge in [-0.1, -0.05) is 17.7 Å². The van der Waals surface area contributed by atoms with Crippen molar-refractivity contribution in [2.45, 2.75) is 0 Å². The summed E-state index contributed by atoms with van der Waals surface area (Å²) in [6.45, 7) is 0. The number of hydrogen-bond donors (Lipinski definition) is 1. The molecule has 1 aromatic carbocycles. The molecular weight excluding hydrogens is 238 g/mol. The maximum atomic E-state index is 8.76. The lowest BCUT2D eigenvalue weighted by Gasteiger charge is -2.07. The molecule has 0 bridgehead atoms. The van der Waals surface area contributed by atoms with Crippen LogP contribution in [0, 0.1) is 11.3 Å². The maximum absolute atomic E-state index is 8.76. The summed E-state index contributed by atoms with van der Waals surface area (Å²) in [4.78, 5) is 3.97. The van der Waals surface area contributed by atoms with Gasteiger partial charge >= 0.3 is 0 Å². The summed E-state index contributed by atoms with van der Waals surface area (Å²) >= 11 is 5.73. The van der Waals surface area contributed by atoms with Crippen molar-refractivity contribution in [3.05, 3.63) is 47.1 Å². The molecule has 2 N–H and O–H groups in total. The van der Waals surface area contributed by atoms with Crippen LogP contribution in [0.4, 0.5) is 5.69 Å². The van der Waals surface area contributed by atoms with E-state index in [2.05, 4.69) is 4.98 Å². The fourth-order valence-corrected chi connectivity index (χ4v) is 1.43. The number of pyridine rings is 1. The highest BCUT2D eigenvalue weighted by Crippen LogP contribution is 2.27. The van der Waals surface area contributed by atoms with Crippen molar-refractivity contribution in [2.75, 3.05) is 5.73 Å². The zero-order valence-corrected chi connectivity index (χ0v) is 9.48. The molecule has 2 rings (SSSR count). The molecule has 0 spiro atoms. The second-order valence-electron chi connectivity index (χ2n) is 3.29. The average molecular weight is 246 g/mol. The lowest BCUT2D eigenvalue weighted by molar-refractivity contribution is 0.465. The van der Waals surface area contributed by atoms with Crippen LogP contribution in [0.25, 0.3) is 0 Å². The number of nitrogen functional groups attached to an aromatic ring is 1. The van der Waals surface area contributed by atoms with Gasteiger partial charge in [0.1, 0.15) is 5.75 Å². The van der Waals surface area contributed by atoms with Gasteiger partial charge in [-0.05, 0) is 24.3 Å². The molecule has 0 fully saturated rings. The number of hydrogen-bond acceptors (Lipinski definition) is 4. The zero-order chi connectivity index (χ0) is 12.3. The predicted octanol–water partition coefficient (Wildman–Crippen LogP) is 2.98. The summed E-state index contributed by atoms with van der Waals surface area (Å²) in [6.07, 6.45) is 1.45. The van der Waals surface area contributed by atoms with Crippen molar-refractivity contribution < 1.29 is 4.74 Å². The maximum Gasteiger partial charge on any atom is 0.242 e. The number of rotatable bonds is 2. The summed E-state index contributed by atoms with van der Waals surface area (Å²) in [6, 6.07) is 10.3. The molecule has 84 valence electrons. The van der Waals surface area contributed by atoms with E-state index in [0.29, 0.717) is 22.0 Å². The lowest BCUT2D eigenvalue weighted by Crippen LogP contribution is -1.94. The zero-order valence-electron chi connectivity index (χ0n) is 8.72. The molecule has 0 unspecified atom stereocenters. The molecule has 1 heterocycles. The summed E-state index contributed by atoms with van der Waals surface area (Å²) in [5.74, 6) is 0.773. The van der Waals surface area contributed by atoms with E-state index in [-0.39, 0.29) is 5.88 Å². The van der Waals surface area contributed by atoms with E-state index in [0.717, 1.165) is 0 Å². The number of halogens is 1. The molecule has 1 aromatic heterocycles. The van der Waals surface area contributed by atoms with Gasteiger partial charge in [0.15, 0.2) is 0 Å².